The van der Waals surface area contributed by atoms with Crippen molar-refractivity contribution in [1.82, 2.24) is 24.6 Å². The summed E-state index contributed by atoms with van der Waals surface area (Å²) in [5.41, 5.74) is 1.74. The second-order valence-corrected chi connectivity index (χ2v) is 9.80. The summed E-state index contributed by atoms with van der Waals surface area (Å²) in [6.07, 6.45) is 4.98. The summed E-state index contributed by atoms with van der Waals surface area (Å²) in [5.74, 6) is 0.711. The monoisotopic (exact) mass is 518 g/mol. The van der Waals surface area contributed by atoms with Gasteiger partial charge in [-0.25, -0.2) is 9.78 Å². The van der Waals surface area contributed by atoms with Crippen LogP contribution in [0, 0.1) is 0 Å². The molecular formula is C26H30N8O4. The SMILES string of the molecule is CCNc1ncc2c(n1)N1CCC[C@H]1CN(c1cccc(-c3nn(CCN4CCCC4=O)c(=O)o3)c1)C2=O. The standard InChI is InChI=1S/C26H30N8O4/c1-2-27-25-28-15-20-22(29-25)32-11-4-8-19(32)16-33(24(20)36)18-7-3-6-17(14-18)23-30-34(26(37)38-23)13-12-31-10-5-9-21(31)35/h3,6-7,14-15,19H,2,4-5,8-13,16H2,1H3,(H,27,28,29)/t19-/m0/s1. The van der Waals surface area contributed by atoms with Gasteiger partial charge in [-0.05, 0) is 44.4 Å². The van der Waals surface area contributed by atoms with Crippen molar-refractivity contribution in [3.8, 4) is 11.5 Å². The van der Waals surface area contributed by atoms with Crippen LogP contribution in [0.1, 0.15) is 43.0 Å². The number of aromatic nitrogens is 4. The molecular weight excluding hydrogens is 488 g/mol. The Morgan fingerprint density at radius 2 is 2.03 bits per heavy atom. The van der Waals surface area contributed by atoms with Crippen LogP contribution in [0.5, 0.6) is 0 Å². The normalized spacial score (nSPS) is 19.1. The molecule has 12 nitrogen and oxygen atoms in total. The van der Waals surface area contributed by atoms with Gasteiger partial charge in [0.1, 0.15) is 11.4 Å². The Balaban J connectivity index is 1.28. The first-order valence-corrected chi connectivity index (χ1v) is 13.2. The zero-order valence-electron chi connectivity index (χ0n) is 21.3. The van der Waals surface area contributed by atoms with Crippen molar-refractivity contribution in [2.45, 2.75) is 45.2 Å². The lowest BCUT2D eigenvalue weighted by Crippen LogP contribution is -2.39. The molecule has 1 N–H and O–H groups in total. The number of fused-ring (bicyclic) bond motifs is 3. The molecule has 5 heterocycles. The molecule has 1 atom stereocenters. The summed E-state index contributed by atoms with van der Waals surface area (Å²) >= 11 is 0. The lowest BCUT2D eigenvalue weighted by molar-refractivity contribution is -0.127. The van der Waals surface area contributed by atoms with Gasteiger partial charge in [0.05, 0.1) is 6.54 Å². The van der Waals surface area contributed by atoms with Gasteiger partial charge >= 0.3 is 5.76 Å². The molecule has 2 saturated heterocycles. The molecule has 2 fully saturated rings. The maximum atomic E-state index is 13.8. The van der Waals surface area contributed by atoms with Crippen LogP contribution in [0.25, 0.3) is 11.5 Å². The number of carbonyl (C=O) groups excluding carboxylic acids is 2. The van der Waals surface area contributed by atoms with Gasteiger partial charge in [0.25, 0.3) is 5.91 Å². The van der Waals surface area contributed by atoms with Crippen molar-refractivity contribution in [2.24, 2.45) is 0 Å². The topological polar surface area (TPSA) is 130 Å². The van der Waals surface area contributed by atoms with Crippen molar-refractivity contribution in [3.63, 3.8) is 0 Å². The van der Waals surface area contributed by atoms with Crippen LogP contribution in [0.15, 0.2) is 39.7 Å². The Hall–Kier alpha value is -4.22. The Bertz CT molecular complexity index is 1430. The molecule has 2 amide bonds. The summed E-state index contributed by atoms with van der Waals surface area (Å²) < 4.78 is 6.70. The van der Waals surface area contributed by atoms with E-state index in [1.807, 2.05) is 25.1 Å². The van der Waals surface area contributed by atoms with Gasteiger partial charge in [-0.2, -0.15) is 9.67 Å². The van der Waals surface area contributed by atoms with Gasteiger partial charge in [0.15, 0.2) is 0 Å². The minimum atomic E-state index is -0.577. The van der Waals surface area contributed by atoms with Crippen LogP contribution in [-0.2, 0) is 11.3 Å². The van der Waals surface area contributed by atoms with Crippen LogP contribution < -0.4 is 20.9 Å². The molecule has 6 rings (SSSR count). The van der Waals surface area contributed by atoms with E-state index in [1.165, 1.54) is 4.68 Å². The molecule has 1 aromatic carbocycles. The van der Waals surface area contributed by atoms with Gasteiger partial charge in [0, 0.05) is 62.6 Å². The third-order valence-electron chi connectivity index (χ3n) is 7.39. The van der Waals surface area contributed by atoms with E-state index in [2.05, 4.69) is 25.3 Å². The number of amides is 2. The number of nitrogens with zero attached hydrogens (tertiary/aromatic N) is 7. The summed E-state index contributed by atoms with van der Waals surface area (Å²) in [7, 11) is 0. The molecule has 0 radical (unpaired) electrons. The number of benzene rings is 1. The number of nitrogens with one attached hydrogen (secondary N) is 1. The van der Waals surface area contributed by atoms with Crippen LogP contribution in [-0.4, -0.2) is 75.2 Å². The zero-order chi connectivity index (χ0) is 26.2. The first-order chi connectivity index (χ1) is 18.5. The average molecular weight is 519 g/mol. The number of rotatable bonds is 7. The van der Waals surface area contributed by atoms with E-state index in [9.17, 15) is 14.4 Å². The second kappa shape index (κ2) is 9.92. The Kier molecular flexibility index (Phi) is 6.30. The Morgan fingerprint density at radius 3 is 2.84 bits per heavy atom. The van der Waals surface area contributed by atoms with Gasteiger partial charge in [-0.15, -0.1) is 5.10 Å². The molecule has 3 aromatic rings. The predicted molar refractivity (Wildman–Crippen MR) is 140 cm³/mol. The summed E-state index contributed by atoms with van der Waals surface area (Å²) in [4.78, 5) is 52.8. The third kappa shape index (κ3) is 4.39. The largest absolute Gasteiger partial charge is 0.437 e. The van der Waals surface area contributed by atoms with Crippen LogP contribution in [0.4, 0.5) is 17.5 Å². The average Bonchev–Trinajstić information content (AvgIpc) is 3.64. The van der Waals surface area contributed by atoms with Crippen LogP contribution in [0.3, 0.4) is 0 Å². The highest BCUT2D eigenvalue weighted by molar-refractivity contribution is 6.10. The highest BCUT2D eigenvalue weighted by atomic mass is 16.4. The van der Waals surface area contributed by atoms with E-state index in [1.54, 1.807) is 22.1 Å². The first kappa shape index (κ1) is 24.1. The summed E-state index contributed by atoms with van der Waals surface area (Å²) in [6, 6.07) is 7.44. The molecule has 0 unspecified atom stereocenters. The van der Waals surface area contributed by atoms with Crippen molar-refractivity contribution >= 4 is 29.3 Å². The summed E-state index contributed by atoms with van der Waals surface area (Å²) in [6.45, 7) is 5.41. The molecule has 38 heavy (non-hydrogen) atoms. The molecule has 3 aliphatic rings. The van der Waals surface area contributed by atoms with Gasteiger partial charge in [0.2, 0.25) is 17.7 Å². The Labute approximate surface area is 219 Å². The quantitative estimate of drug-likeness (QED) is 0.499. The maximum absolute atomic E-state index is 13.8. The maximum Gasteiger partial charge on any atom is 0.437 e. The van der Waals surface area contributed by atoms with E-state index >= 15 is 0 Å². The van der Waals surface area contributed by atoms with Crippen molar-refractivity contribution in [2.75, 3.05) is 47.8 Å². The molecule has 0 bridgehead atoms. The molecule has 3 aliphatic heterocycles. The van der Waals surface area contributed by atoms with Crippen molar-refractivity contribution < 1.29 is 14.0 Å². The number of hydrogen-bond donors (Lipinski definition) is 1. The third-order valence-corrected chi connectivity index (χ3v) is 7.39. The fraction of sp³-hybridized carbons (Fsp3) is 0.462. The summed E-state index contributed by atoms with van der Waals surface area (Å²) in [5, 5.41) is 7.50. The van der Waals surface area contributed by atoms with Crippen molar-refractivity contribution in [3.05, 3.63) is 46.6 Å². The number of carbonyl (C=O) groups is 2. The lowest BCUT2D eigenvalue weighted by atomic mass is 10.1. The van der Waals surface area contributed by atoms with E-state index in [0.717, 1.165) is 25.8 Å². The highest BCUT2D eigenvalue weighted by Gasteiger charge is 2.37. The lowest BCUT2D eigenvalue weighted by Gasteiger charge is -2.27. The molecule has 0 aliphatic carbocycles. The molecule has 12 heteroatoms. The Morgan fingerprint density at radius 1 is 1.13 bits per heavy atom. The predicted octanol–water partition coefficient (Wildman–Crippen LogP) is 1.98. The van der Waals surface area contributed by atoms with Crippen molar-refractivity contribution in [1.29, 1.82) is 0 Å². The molecule has 0 spiro atoms. The van der Waals surface area contributed by atoms with Gasteiger partial charge < -0.3 is 24.4 Å². The minimum absolute atomic E-state index is 0.0993. The number of likely N-dealkylation sites (tertiary alicyclic amines) is 1. The fourth-order valence-corrected chi connectivity index (χ4v) is 5.48. The minimum Gasteiger partial charge on any atom is -0.388 e. The van der Waals surface area contributed by atoms with Crippen LogP contribution >= 0.6 is 0 Å². The number of hydrogen-bond acceptors (Lipinski definition) is 9. The van der Waals surface area contributed by atoms with E-state index < -0.39 is 5.76 Å². The second-order valence-electron chi connectivity index (χ2n) is 9.80. The molecule has 2 aromatic heterocycles. The van der Waals surface area contributed by atoms with Gasteiger partial charge in [-0.3, -0.25) is 9.59 Å². The molecule has 198 valence electrons. The highest BCUT2D eigenvalue weighted by Crippen LogP contribution is 2.35. The van der Waals surface area contributed by atoms with Crippen LogP contribution in [0.2, 0.25) is 0 Å². The number of anilines is 3. The fourth-order valence-electron chi connectivity index (χ4n) is 5.48. The van der Waals surface area contributed by atoms with Gasteiger partial charge in [-0.1, -0.05) is 6.07 Å². The van der Waals surface area contributed by atoms with E-state index in [0.29, 0.717) is 61.2 Å². The first-order valence-electron chi connectivity index (χ1n) is 13.2. The van der Waals surface area contributed by atoms with E-state index in [-0.39, 0.29) is 30.3 Å². The zero-order valence-corrected chi connectivity index (χ0v) is 21.3. The van der Waals surface area contributed by atoms with E-state index in [4.69, 9.17) is 4.42 Å². The smallest absolute Gasteiger partial charge is 0.388 e. The molecule has 0 saturated carbocycles.